The van der Waals surface area contributed by atoms with Crippen molar-refractivity contribution >= 4 is 11.9 Å². The van der Waals surface area contributed by atoms with Crippen LogP contribution in [0.5, 0.6) is 11.5 Å². The summed E-state index contributed by atoms with van der Waals surface area (Å²) >= 11 is 0. The van der Waals surface area contributed by atoms with Crippen LogP contribution in [0.15, 0.2) is 72.8 Å². The van der Waals surface area contributed by atoms with E-state index in [-0.39, 0.29) is 30.6 Å². The summed E-state index contributed by atoms with van der Waals surface area (Å²) in [7, 11) is 0. The van der Waals surface area contributed by atoms with Crippen LogP contribution in [0.1, 0.15) is 38.8 Å². The summed E-state index contributed by atoms with van der Waals surface area (Å²) in [5.74, 6) is 0.691. The quantitative estimate of drug-likeness (QED) is 0.256. The molecule has 0 bridgehead atoms. The van der Waals surface area contributed by atoms with Crippen LogP contribution in [0.25, 0.3) is 0 Å². The molecule has 0 amide bonds. The van der Waals surface area contributed by atoms with Crippen molar-refractivity contribution in [3.8, 4) is 11.5 Å². The minimum absolute atomic E-state index is 0.197. The number of ether oxygens (including phenoxy) is 4. The van der Waals surface area contributed by atoms with Crippen molar-refractivity contribution in [3.63, 3.8) is 0 Å². The Balaban J connectivity index is 1.86. The van der Waals surface area contributed by atoms with Crippen molar-refractivity contribution in [2.45, 2.75) is 33.1 Å². The molecule has 2 aromatic carbocycles. The maximum Gasteiger partial charge on any atom is 0.330 e. The third kappa shape index (κ3) is 8.48. The van der Waals surface area contributed by atoms with E-state index in [1.807, 2.05) is 48.5 Å². The van der Waals surface area contributed by atoms with Gasteiger partial charge < -0.3 is 18.9 Å². The van der Waals surface area contributed by atoms with Gasteiger partial charge in [0.05, 0.1) is 0 Å². The van der Waals surface area contributed by atoms with Crippen LogP contribution in [0, 0.1) is 0 Å². The molecular formula is C27H32O6. The smallest absolute Gasteiger partial charge is 0.330 e. The molecule has 0 aliphatic heterocycles. The molecule has 0 saturated heterocycles. The van der Waals surface area contributed by atoms with Crippen LogP contribution in [0.3, 0.4) is 0 Å². The molecule has 0 heterocycles. The molecule has 0 spiro atoms. The molecule has 0 saturated carbocycles. The normalized spacial score (nSPS) is 11.5. The maximum absolute atomic E-state index is 11.3. The molecule has 33 heavy (non-hydrogen) atoms. The van der Waals surface area contributed by atoms with Gasteiger partial charge in [0.25, 0.3) is 0 Å². The second kappa shape index (κ2) is 13.1. The zero-order valence-electron chi connectivity index (χ0n) is 19.7. The highest BCUT2D eigenvalue weighted by Gasteiger charge is 2.23. The maximum atomic E-state index is 11.3. The molecule has 0 unspecified atom stereocenters. The molecule has 2 rings (SSSR count). The van der Waals surface area contributed by atoms with Crippen molar-refractivity contribution in [1.29, 1.82) is 0 Å². The molecule has 176 valence electrons. The van der Waals surface area contributed by atoms with Crippen LogP contribution < -0.4 is 9.47 Å². The Bertz CT molecular complexity index is 862. The molecule has 0 aromatic heterocycles. The van der Waals surface area contributed by atoms with Crippen LogP contribution in [-0.4, -0.2) is 38.4 Å². The fourth-order valence-corrected chi connectivity index (χ4v) is 3.07. The van der Waals surface area contributed by atoms with Crippen LogP contribution in [0.4, 0.5) is 0 Å². The molecule has 0 radical (unpaired) electrons. The summed E-state index contributed by atoms with van der Waals surface area (Å²) in [6, 6.07) is 15.8. The van der Waals surface area contributed by atoms with Gasteiger partial charge in [-0.1, -0.05) is 50.3 Å². The second-order valence-electron chi connectivity index (χ2n) is 7.71. The minimum atomic E-state index is -0.373. The Morgan fingerprint density at radius 3 is 1.36 bits per heavy atom. The van der Waals surface area contributed by atoms with Gasteiger partial charge in [-0.25, -0.2) is 9.59 Å². The number of esters is 2. The van der Waals surface area contributed by atoms with Crippen molar-refractivity contribution in [2.75, 3.05) is 26.4 Å². The first-order chi connectivity index (χ1) is 15.9. The third-order valence-electron chi connectivity index (χ3n) is 4.95. The Morgan fingerprint density at radius 2 is 1.03 bits per heavy atom. The highest BCUT2D eigenvalue weighted by Crippen LogP contribution is 2.33. The molecule has 0 atom stereocenters. The van der Waals surface area contributed by atoms with E-state index in [9.17, 15) is 9.59 Å². The molecular weight excluding hydrogens is 420 g/mol. The topological polar surface area (TPSA) is 71.1 Å². The van der Waals surface area contributed by atoms with E-state index in [0.717, 1.165) is 22.6 Å². The first-order valence-electron chi connectivity index (χ1n) is 10.9. The van der Waals surface area contributed by atoms with Crippen molar-refractivity contribution in [3.05, 3.63) is 84.0 Å². The lowest BCUT2D eigenvalue weighted by molar-refractivity contribution is -0.139. The lowest BCUT2D eigenvalue weighted by Gasteiger charge is -2.26. The number of carbonyl (C=O) groups is 2. The van der Waals surface area contributed by atoms with Crippen LogP contribution in [-0.2, 0) is 24.5 Å². The molecule has 6 nitrogen and oxygen atoms in total. The number of hydrogen-bond donors (Lipinski definition) is 0. The lowest BCUT2D eigenvalue weighted by Crippen LogP contribution is -2.19. The van der Waals surface area contributed by atoms with Gasteiger partial charge in [-0.2, -0.15) is 0 Å². The number of benzene rings is 2. The first-order valence-corrected chi connectivity index (χ1v) is 10.9. The lowest BCUT2D eigenvalue weighted by atomic mass is 9.78. The fourth-order valence-electron chi connectivity index (χ4n) is 3.07. The Hall–Kier alpha value is -3.54. The monoisotopic (exact) mass is 452 g/mol. The fraction of sp³-hybridized carbons (Fsp3) is 0.333. The van der Waals surface area contributed by atoms with E-state index in [2.05, 4.69) is 13.8 Å². The third-order valence-corrected chi connectivity index (χ3v) is 4.95. The molecule has 0 aliphatic rings. The van der Waals surface area contributed by atoms with Gasteiger partial charge in [0.15, 0.2) is 0 Å². The molecule has 6 heteroatoms. The zero-order chi connectivity index (χ0) is 24.1. The van der Waals surface area contributed by atoms with Crippen molar-refractivity contribution < 1.29 is 28.5 Å². The average molecular weight is 453 g/mol. The van der Waals surface area contributed by atoms with Gasteiger partial charge in [0, 0.05) is 17.6 Å². The van der Waals surface area contributed by atoms with Crippen molar-refractivity contribution in [1.82, 2.24) is 0 Å². The summed E-state index contributed by atoms with van der Waals surface area (Å²) in [5, 5.41) is 0. The standard InChI is InChI=1S/C27H32O6/c1-5-7-25(28)32-19-17-30-23-13-9-21(10-14-23)27(3,4)22-11-15-24(16-12-22)31-18-20-33-26(29)8-6-2/h5-16H,17-20H2,1-4H3/b7-5+,8-6+. The number of rotatable bonds is 12. The van der Waals surface area contributed by atoms with Gasteiger partial charge in [-0.3, -0.25) is 0 Å². The molecule has 0 aliphatic carbocycles. The van der Waals surface area contributed by atoms with Gasteiger partial charge in [-0.05, 0) is 49.2 Å². The first kappa shape index (κ1) is 25.7. The predicted octanol–water partition coefficient (Wildman–Crippen LogP) is 5.01. The summed E-state index contributed by atoms with van der Waals surface area (Å²) in [4.78, 5) is 22.6. The van der Waals surface area contributed by atoms with E-state index < -0.39 is 0 Å². The van der Waals surface area contributed by atoms with E-state index in [0.29, 0.717) is 13.2 Å². The predicted molar refractivity (Wildman–Crippen MR) is 128 cm³/mol. The van der Waals surface area contributed by atoms with Crippen LogP contribution in [0.2, 0.25) is 0 Å². The molecule has 0 fully saturated rings. The number of allylic oxidation sites excluding steroid dienone is 2. The van der Waals surface area contributed by atoms with Gasteiger partial charge in [-0.15, -0.1) is 0 Å². The van der Waals surface area contributed by atoms with Crippen molar-refractivity contribution in [2.24, 2.45) is 0 Å². The van der Waals surface area contributed by atoms with E-state index in [4.69, 9.17) is 18.9 Å². The Labute approximate surface area is 195 Å². The highest BCUT2D eigenvalue weighted by atomic mass is 16.6. The Kier molecular flexibility index (Phi) is 10.2. The summed E-state index contributed by atoms with van der Waals surface area (Å²) in [6.45, 7) is 8.81. The Morgan fingerprint density at radius 1 is 0.667 bits per heavy atom. The van der Waals surface area contributed by atoms with Gasteiger partial charge in [0.1, 0.15) is 37.9 Å². The largest absolute Gasteiger partial charge is 0.490 e. The van der Waals surface area contributed by atoms with Gasteiger partial charge in [0.2, 0.25) is 0 Å². The molecule has 2 aromatic rings. The summed E-state index contributed by atoms with van der Waals surface area (Å²) in [6.07, 6.45) is 6.02. The average Bonchev–Trinajstić information content (AvgIpc) is 2.80. The highest BCUT2D eigenvalue weighted by molar-refractivity contribution is 5.82. The van der Waals surface area contributed by atoms with E-state index >= 15 is 0 Å². The minimum Gasteiger partial charge on any atom is -0.490 e. The SMILES string of the molecule is C/C=C/C(=O)OCCOc1ccc(C(C)(C)c2ccc(OCCOC(=O)/C=C/C)cc2)cc1. The number of carbonyl (C=O) groups excluding carboxylic acids is 2. The van der Waals surface area contributed by atoms with E-state index in [1.54, 1.807) is 26.0 Å². The van der Waals surface area contributed by atoms with Gasteiger partial charge >= 0.3 is 11.9 Å². The summed E-state index contributed by atoms with van der Waals surface area (Å²) in [5.41, 5.74) is 2.05. The number of hydrogen-bond acceptors (Lipinski definition) is 6. The van der Waals surface area contributed by atoms with E-state index in [1.165, 1.54) is 12.2 Å². The zero-order valence-corrected chi connectivity index (χ0v) is 19.7. The van der Waals surface area contributed by atoms with Crippen LogP contribution >= 0.6 is 0 Å². The second-order valence-corrected chi connectivity index (χ2v) is 7.71. The molecule has 0 N–H and O–H groups in total. The summed E-state index contributed by atoms with van der Waals surface area (Å²) < 4.78 is 21.3.